The molecule has 36 heavy (non-hydrogen) atoms. The topological polar surface area (TPSA) is 143 Å². The Kier molecular flexibility index (Phi) is 7.37. The summed E-state index contributed by atoms with van der Waals surface area (Å²) in [6.45, 7) is 0.683. The first-order valence-corrected chi connectivity index (χ1v) is 12.7. The van der Waals surface area contributed by atoms with Crippen LogP contribution in [0, 0.1) is 23.0 Å². The third kappa shape index (κ3) is 5.24. The summed E-state index contributed by atoms with van der Waals surface area (Å²) in [5, 5.41) is 15.3. The molecule has 0 saturated heterocycles. The second kappa shape index (κ2) is 10.3. The van der Waals surface area contributed by atoms with Crippen molar-refractivity contribution < 1.29 is 32.4 Å². The van der Waals surface area contributed by atoms with Crippen LogP contribution in [0.25, 0.3) is 11.3 Å². The minimum atomic E-state index is -4.94. The molecule has 2 aromatic heterocycles. The summed E-state index contributed by atoms with van der Waals surface area (Å²) in [7, 11) is -4.94. The number of hydrogen-bond acceptors (Lipinski definition) is 8. The van der Waals surface area contributed by atoms with Gasteiger partial charge in [0.1, 0.15) is 29.3 Å². The third-order valence-corrected chi connectivity index (χ3v) is 6.83. The van der Waals surface area contributed by atoms with Crippen molar-refractivity contribution in [3.05, 3.63) is 88.3 Å². The number of benzene rings is 2. The predicted octanol–water partition coefficient (Wildman–Crippen LogP) is 4.14. The lowest BCUT2D eigenvalue weighted by Crippen LogP contribution is -2.44. The van der Waals surface area contributed by atoms with Crippen molar-refractivity contribution in [3.63, 3.8) is 0 Å². The van der Waals surface area contributed by atoms with Crippen LogP contribution in [-0.2, 0) is 19.6 Å². The lowest BCUT2D eigenvalue weighted by molar-refractivity contribution is -0.153. The van der Waals surface area contributed by atoms with Gasteiger partial charge in [0.15, 0.2) is 6.79 Å². The number of phosphoric acid groups is 1. The molecule has 0 fully saturated rings. The standard InChI is InChI=1S/C22H18F2N5O5PS/c1-14(21-28-20(10-36-21)16-4-2-15(9-25)3-5-16)22(29-12-26-11-27-29,33-13-34-35(30,31)32)18-7-6-17(23)8-19(18)24/h2-8,10-12,14H,13H2,1H3,(H2,30,31,32)/t14-,22-/m0/s1. The van der Waals surface area contributed by atoms with Gasteiger partial charge in [-0.3, -0.25) is 4.52 Å². The van der Waals surface area contributed by atoms with Crippen LogP contribution in [0.15, 0.2) is 60.5 Å². The van der Waals surface area contributed by atoms with Gasteiger partial charge in [-0.1, -0.05) is 19.1 Å². The number of nitrogens with zero attached hydrogens (tertiary/aromatic N) is 5. The van der Waals surface area contributed by atoms with Gasteiger partial charge in [-0.05, 0) is 24.3 Å². The van der Waals surface area contributed by atoms with E-state index in [0.29, 0.717) is 22.3 Å². The van der Waals surface area contributed by atoms with E-state index in [1.807, 2.05) is 6.07 Å². The molecule has 2 aromatic carbocycles. The normalized spacial score (nSPS) is 14.2. The highest BCUT2D eigenvalue weighted by atomic mass is 32.1. The van der Waals surface area contributed by atoms with Crippen LogP contribution in [-0.4, -0.2) is 36.3 Å². The van der Waals surface area contributed by atoms with E-state index in [1.165, 1.54) is 24.0 Å². The van der Waals surface area contributed by atoms with Gasteiger partial charge in [0, 0.05) is 22.6 Å². The molecule has 4 rings (SSSR count). The van der Waals surface area contributed by atoms with Crippen molar-refractivity contribution in [2.45, 2.75) is 18.6 Å². The van der Waals surface area contributed by atoms with Gasteiger partial charge in [-0.25, -0.2) is 28.0 Å². The fourth-order valence-electron chi connectivity index (χ4n) is 3.67. The Morgan fingerprint density at radius 2 is 2.00 bits per heavy atom. The number of hydrogen-bond donors (Lipinski definition) is 2. The molecular weight excluding hydrogens is 515 g/mol. The molecule has 0 aliphatic heterocycles. The number of ether oxygens (including phenoxy) is 1. The Balaban J connectivity index is 1.83. The Morgan fingerprint density at radius 3 is 2.61 bits per heavy atom. The molecule has 14 heteroatoms. The summed E-state index contributed by atoms with van der Waals surface area (Å²) >= 11 is 1.22. The molecule has 0 radical (unpaired) electrons. The van der Waals surface area contributed by atoms with Crippen LogP contribution in [0.3, 0.4) is 0 Å². The molecule has 2 N–H and O–H groups in total. The third-order valence-electron chi connectivity index (χ3n) is 5.37. The molecule has 0 unspecified atom stereocenters. The molecule has 0 aliphatic carbocycles. The van der Waals surface area contributed by atoms with Crippen molar-refractivity contribution in [1.29, 1.82) is 5.26 Å². The van der Waals surface area contributed by atoms with E-state index >= 15 is 4.39 Å². The van der Waals surface area contributed by atoms with Crippen LogP contribution in [0.4, 0.5) is 8.78 Å². The second-order valence-corrected chi connectivity index (χ2v) is 9.65. The molecule has 0 saturated carbocycles. The van der Waals surface area contributed by atoms with E-state index in [4.69, 9.17) is 19.8 Å². The van der Waals surface area contributed by atoms with Gasteiger partial charge in [-0.15, -0.1) is 11.3 Å². The van der Waals surface area contributed by atoms with E-state index in [2.05, 4.69) is 19.6 Å². The zero-order valence-corrected chi connectivity index (χ0v) is 20.2. The molecule has 10 nitrogen and oxygen atoms in total. The van der Waals surface area contributed by atoms with Crippen molar-refractivity contribution in [1.82, 2.24) is 19.7 Å². The zero-order chi connectivity index (χ0) is 25.9. The van der Waals surface area contributed by atoms with E-state index in [1.54, 1.807) is 36.6 Å². The van der Waals surface area contributed by atoms with Crippen LogP contribution in [0.5, 0.6) is 0 Å². The lowest BCUT2D eigenvalue weighted by Gasteiger charge is -2.38. The average molecular weight is 533 g/mol. The largest absolute Gasteiger partial charge is 0.471 e. The summed E-state index contributed by atoms with van der Waals surface area (Å²) in [5.74, 6) is -2.67. The van der Waals surface area contributed by atoms with Crippen molar-refractivity contribution in [3.8, 4) is 17.3 Å². The Labute approximate surface area is 207 Å². The highest BCUT2D eigenvalue weighted by Gasteiger charge is 2.47. The highest BCUT2D eigenvalue weighted by molar-refractivity contribution is 7.46. The molecule has 2 atom stereocenters. The van der Waals surface area contributed by atoms with Crippen molar-refractivity contribution in [2.75, 3.05) is 6.79 Å². The Hall–Kier alpha value is -3.37. The Bertz CT molecular complexity index is 1440. The summed E-state index contributed by atoms with van der Waals surface area (Å²) < 4.78 is 51.8. The number of nitriles is 1. The first kappa shape index (κ1) is 25.7. The minimum Gasteiger partial charge on any atom is -0.322 e. The Morgan fingerprint density at radius 1 is 1.25 bits per heavy atom. The van der Waals surface area contributed by atoms with Gasteiger partial charge < -0.3 is 14.5 Å². The van der Waals surface area contributed by atoms with Crippen LogP contribution >= 0.6 is 19.2 Å². The molecule has 0 aliphatic rings. The van der Waals surface area contributed by atoms with Crippen LogP contribution in [0.2, 0.25) is 0 Å². The second-order valence-electron chi connectivity index (χ2n) is 7.52. The van der Waals surface area contributed by atoms with Crippen LogP contribution in [0.1, 0.15) is 29.0 Å². The molecule has 0 amide bonds. The first-order valence-electron chi connectivity index (χ1n) is 10.2. The lowest BCUT2D eigenvalue weighted by atomic mass is 9.89. The number of rotatable bonds is 9. The minimum absolute atomic E-state index is 0.189. The number of halogens is 2. The van der Waals surface area contributed by atoms with Crippen LogP contribution < -0.4 is 0 Å². The van der Waals surface area contributed by atoms with E-state index in [-0.39, 0.29) is 5.56 Å². The fourth-order valence-corrected chi connectivity index (χ4v) is 4.80. The summed E-state index contributed by atoms with van der Waals surface area (Å²) in [6.07, 6.45) is 2.39. The zero-order valence-electron chi connectivity index (χ0n) is 18.5. The summed E-state index contributed by atoms with van der Waals surface area (Å²) in [5.41, 5.74) is -0.327. The van der Waals surface area contributed by atoms with E-state index < -0.39 is 37.9 Å². The first-order chi connectivity index (χ1) is 17.1. The number of thiazole rings is 1. The van der Waals surface area contributed by atoms with E-state index in [0.717, 1.165) is 22.4 Å². The SMILES string of the molecule is C[C@@H](c1nc(-c2ccc(C#N)cc2)cs1)[C@](OCOP(=O)(O)O)(c1ccc(F)cc1F)n1cncn1. The molecule has 186 valence electrons. The fraction of sp³-hybridized carbons (Fsp3) is 0.182. The van der Waals surface area contributed by atoms with Gasteiger partial charge in [0.25, 0.3) is 0 Å². The van der Waals surface area contributed by atoms with Gasteiger partial charge in [0.05, 0.1) is 23.2 Å². The number of aromatic nitrogens is 4. The van der Waals surface area contributed by atoms with Gasteiger partial charge >= 0.3 is 7.82 Å². The van der Waals surface area contributed by atoms with Gasteiger partial charge in [0.2, 0.25) is 5.72 Å². The van der Waals surface area contributed by atoms with Crippen molar-refractivity contribution in [2.24, 2.45) is 0 Å². The molecule has 0 spiro atoms. The maximum atomic E-state index is 15.2. The maximum Gasteiger partial charge on any atom is 0.471 e. The quantitative estimate of drug-likeness (QED) is 0.240. The molecular formula is C22H18F2N5O5PS. The highest BCUT2D eigenvalue weighted by Crippen LogP contribution is 2.45. The summed E-state index contributed by atoms with van der Waals surface area (Å²) in [6, 6.07) is 11.6. The van der Waals surface area contributed by atoms with E-state index in [9.17, 15) is 8.96 Å². The maximum absolute atomic E-state index is 15.2. The molecule has 0 bridgehead atoms. The number of phosphoric ester groups is 1. The average Bonchev–Trinajstić information content (AvgIpc) is 3.54. The molecule has 2 heterocycles. The monoisotopic (exact) mass is 533 g/mol. The van der Waals surface area contributed by atoms with Crippen molar-refractivity contribution >= 4 is 19.2 Å². The molecule has 4 aromatic rings. The summed E-state index contributed by atoms with van der Waals surface area (Å²) in [4.78, 5) is 26.8. The smallest absolute Gasteiger partial charge is 0.322 e. The predicted molar refractivity (Wildman–Crippen MR) is 123 cm³/mol. The van der Waals surface area contributed by atoms with Gasteiger partial charge in [-0.2, -0.15) is 10.4 Å².